The summed E-state index contributed by atoms with van der Waals surface area (Å²) in [6, 6.07) is 23.7. The summed E-state index contributed by atoms with van der Waals surface area (Å²) >= 11 is -1.94. The second kappa shape index (κ2) is 7.16. The molecule has 0 fully saturated rings. The number of aryl methyl sites for hydroxylation is 2. The van der Waals surface area contributed by atoms with E-state index in [4.69, 9.17) is 14.4 Å². The Hall–Kier alpha value is -3.18. The predicted molar refractivity (Wildman–Crippen MR) is 142 cm³/mol. The van der Waals surface area contributed by atoms with Gasteiger partial charge in [0.05, 0.1) is 0 Å². The Kier molecular flexibility index (Phi) is 4.43. The Balaban J connectivity index is 1.70. The van der Waals surface area contributed by atoms with Gasteiger partial charge in [-0.3, -0.25) is 0 Å². The van der Waals surface area contributed by atoms with Crippen LogP contribution in [-0.2, 0) is 0 Å². The predicted octanol–water partition coefficient (Wildman–Crippen LogP) is 7.51. The van der Waals surface area contributed by atoms with Gasteiger partial charge in [0.15, 0.2) is 0 Å². The third-order valence-electron chi connectivity index (χ3n) is 6.62. The zero-order valence-corrected chi connectivity index (χ0v) is 21.8. The van der Waals surface area contributed by atoms with Crippen LogP contribution < -0.4 is 4.40 Å². The fourth-order valence-corrected chi connectivity index (χ4v) is 7.54. The van der Waals surface area contributed by atoms with E-state index in [2.05, 4.69) is 78.8 Å². The second-order valence-electron chi connectivity index (χ2n) is 10.0. The maximum absolute atomic E-state index is 6.34. The fraction of sp³-hybridized carbons (Fsp3) is 0.172. The average Bonchev–Trinajstić information content (AvgIpc) is 3.16. The number of furan rings is 1. The third kappa shape index (κ3) is 3.17. The van der Waals surface area contributed by atoms with E-state index in [0.717, 1.165) is 49.9 Å². The summed E-state index contributed by atoms with van der Waals surface area (Å²) in [6.07, 6.45) is 0. The minimum absolute atomic E-state index is 0.773. The molecule has 4 aromatic carbocycles. The topological polar surface area (TPSA) is 38.9 Å². The van der Waals surface area contributed by atoms with E-state index in [0.29, 0.717) is 0 Å². The molecule has 3 nitrogen and oxygen atoms in total. The standard InChI is InChI=1S/C29H26GeN2O/c1-17-15-20(30(3,4)5)16-19-13-14-23-27(31-18(2)32-28(23)26(17)19)24-11-8-10-22-21-9-6-7-12-25(21)33-29(22)24/h6-16H,1-5H3. The number of fused-ring (bicyclic) bond motifs is 6. The molecule has 2 heterocycles. The molecule has 2 aromatic heterocycles. The first-order valence-electron chi connectivity index (χ1n) is 11.4. The molecule has 33 heavy (non-hydrogen) atoms. The van der Waals surface area contributed by atoms with Gasteiger partial charge in [0.2, 0.25) is 0 Å². The monoisotopic (exact) mass is 492 g/mol. The molecule has 0 unspecified atom stereocenters. The average molecular weight is 491 g/mol. The molecule has 0 N–H and O–H groups in total. The maximum atomic E-state index is 6.34. The van der Waals surface area contributed by atoms with Gasteiger partial charge in [-0.15, -0.1) is 0 Å². The van der Waals surface area contributed by atoms with Crippen LogP contribution in [0, 0.1) is 13.8 Å². The fourth-order valence-electron chi connectivity index (χ4n) is 4.94. The molecule has 0 radical (unpaired) electrons. The van der Waals surface area contributed by atoms with Crippen LogP contribution in [0.2, 0.25) is 17.3 Å². The van der Waals surface area contributed by atoms with Crippen molar-refractivity contribution in [3.63, 3.8) is 0 Å². The molecule has 0 saturated carbocycles. The van der Waals surface area contributed by atoms with E-state index in [1.54, 1.807) is 0 Å². The van der Waals surface area contributed by atoms with Gasteiger partial charge in [0, 0.05) is 0 Å². The van der Waals surface area contributed by atoms with Crippen molar-refractivity contribution in [1.82, 2.24) is 9.97 Å². The van der Waals surface area contributed by atoms with E-state index in [-0.39, 0.29) is 0 Å². The van der Waals surface area contributed by atoms with Gasteiger partial charge in [-0.05, 0) is 0 Å². The van der Waals surface area contributed by atoms with Crippen molar-refractivity contribution in [2.45, 2.75) is 31.1 Å². The Morgan fingerprint density at radius 1 is 0.758 bits per heavy atom. The van der Waals surface area contributed by atoms with E-state index in [1.165, 1.54) is 20.7 Å². The zero-order valence-electron chi connectivity index (χ0n) is 19.7. The summed E-state index contributed by atoms with van der Waals surface area (Å²) in [6.45, 7) is 4.20. The molecular formula is C29H26GeN2O. The SMILES string of the molecule is Cc1nc(-c2cccc3c2oc2ccccc23)c2ccc3c[c]([Ge]([CH3])([CH3])[CH3])cc(C)c3c2n1. The first-order chi connectivity index (χ1) is 15.8. The number of nitrogens with zero attached hydrogens (tertiary/aromatic N) is 2. The zero-order chi connectivity index (χ0) is 22.9. The number of hydrogen-bond donors (Lipinski definition) is 0. The van der Waals surface area contributed by atoms with E-state index in [1.807, 2.05) is 19.1 Å². The van der Waals surface area contributed by atoms with Crippen LogP contribution in [0.15, 0.2) is 71.1 Å². The number of hydrogen-bond acceptors (Lipinski definition) is 3. The van der Waals surface area contributed by atoms with Crippen molar-refractivity contribution in [1.29, 1.82) is 0 Å². The molecule has 0 bridgehead atoms. The molecule has 0 atom stereocenters. The molecule has 0 aliphatic heterocycles. The van der Waals surface area contributed by atoms with Gasteiger partial charge in [-0.2, -0.15) is 0 Å². The van der Waals surface area contributed by atoms with E-state index >= 15 is 0 Å². The van der Waals surface area contributed by atoms with Crippen LogP contribution in [0.1, 0.15) is 11.4 Å². The van der Waals surface area contributed by atoms with Crippen LogP contribution >= 0.6 is 0 Å². The van der Waals surface area contributed by atoms with Crippen molar-refractivity contribution in [2.24, 2.45) is 0 Å². The molecular weight excluding hydrogens is 465 g/mol. The molecule has 6 rings (SSSR count). The van der Waals surface area contributed by atoms with Gasteiger partial charge < -0.3 is 0 Å². The quantitative estimate of drug-likeness (QED) is 0.186. The van der Waals surface area contributed by atoms with E-state index in [9.17, 15) is 0 Å². The Morgan fingerprint density at radius 2 is 1.55 bits per heavy atom. The summed E-state index contributed by atoms with van der Waals surface area (Å²) in [4.78, 5) is 9.86. The molecule has 0 saturated heterocycles. The first-order valence-corrected chi connectivity index (χ1v) is 18.8. The van der Waals surface area contributed by atoms with Crippen LogP contribution in [0.5, 0.6) is 0 Å². The summed E-state index contributed by atoms with van der Waals surface area (Å²) in [5, 5.41) is 5.81. The molecule has 0 spiro atoms. The van der Waals surface area contributed by atoms with Crippen LogP contribution in [0.3, 0.4) is 0 Å². The number of rotatable bonds is 2. The van der Waals surface area contributed by atoms with Crippen LogP contribution in [0.25, 0.3) is 54.9 Å². The molecule has 162 valence electrons. The van der Waals surface area contributed by atoms with Crippen molar-refractivity contribution in [3.05, 3.63) is 78.1 Å². The van der Waals surface area contributed by atoms with Crippen molar-refractivity contribution in [2.75, 3.05) is 0 Å². The Bertz CT molecular complexity index is 1720. The van der Waals surface area contributed by atoms with Gasteiger partial charge in [0.25, 0.3) is 0 Å². The van der Waals surface area contributed by atoms with E-state index < -0.39 is 13.3 Å². The summed E-state index contributed by atoms with van der Waals surface area (Å²) < 4.78 is 7.86. The molecule has 0 aliphatic carbocycles. The second-order valence-corrected chi connectivity index (χ2v) is 20.7. The Morgan fingerprint density at radius 3 is 2.36 bits per heavy atom. The van der Waals surface area contributed by atoms with Gasteiger partial charge in [-0.1, -0.05) is 12.1 Å². The van der Waals surface area contributed by atoms with Crippen molar-refractivity contribution < 1.29 is 4.42 Å². The molecule has 0 amide bonds. The Labute approximate surface area is 195 Å². The molecule has 0 aliphatic rings. The molecule has 4 heteroatoms. The summed E-state index contributed by atoms with van der Waals surface area (Å²) in [7, 11) is 0. The number of para-hydroxylation sites is 2. The number of aromatic nitrogens is 2. The van der Waals surface area contributed by atoms with Gasteiger partial charge >= 0.3 is 184 Å². The van der Waals surface area contributed by atoms with Crippen LogP contribution in [0.4, 0.5) is 0 Å². The van der Waals surface area contributed by atoms with Gasteiger partial charge in [-0.25, -0.2) is 0 Å². The molecule has 6 aromatic rings. The third-order valence-corrected chi connectivity index (χ3v) is 10.9. The normalized spacial score (nSPS) is 12.4. The van der Waals surface area contributed by atoms with Crippen LogP contribution in [-0.4, -0.2) is 23.2 Å². The van der Waals surface area contributed by atoms with Crippen molar-refractivity contribution >= 4 is 61.3 Å². The summed E-state index contributed by atoms with van der Waals surface area (Å²) in [5.74, 6) is 8.11. The van der Waals surface area contributed by atoms with Gasteiger partial charge in [0.1, 0.15) is 0 Å². The first kappa shape index (κ1) is 20.4. The summed E-state index contributed by atoms with van der Waals surface area (Å²) in [5.41, 5.74) is 6.04. The minimum atomic E-state index is -1.94. The number of benzene rings is 4. The van der Waals surface area contributed by atoms with Crippen molar-refractivity contribution in [3.8, 4) is 11.3 Å².